The highest BCUT2D eigenvalue weighted by Gasteiger charge is 2.19. The molecule has 0 aliphatic carbocycles. The van der Waals surface area contributed by atoms with E-state index < -0.39 is 0 Å². The zero-order valence-corrected chi connectivity index (χ0v) is 8.86. The molecular formula is C10H17N3O. The van der Waals surface area contributed by atoms with Gasteiger partial charge in [-0.15, -0.1) is 10.2 Å². The summed E-state index contributed by atoms with van der Waals surface area (Å²) >= 11 is 0. The molecule has 0 bridgehead atoms. The smallest absolute Gasteiger partial charge is 0.135 e. The van der Waals surface area contributed by atoms with Gasteiger partial charge in [0.1, 0.15) is 11.6 Å². The Hall–Kier alpha value is -0.900. The molecule has 4 nitrogen and oxygen atoms in total. The normalized spacial score (nSPS) is 20.9. The predicted molar refractivity (Wildman–Crippen MR) is 53.1 cm³/mol. The van der Waals surface area contributed by atoms with Gasteiger partial charge in [-0.05, 0) is 12.3 Å². The quantitative estimate of drug-likeness (QED) is 0.723. The Labute approximate surface area is 84.3 Å². The van der Waals surface area contributed by atoms with Crippen LogP contribution in [-0.2, 0) is 24.1 Å². The van der Waals surface area contributed by atoms with Gasteiger partial charge in [-0.2, -0.15) is 0 Å². The maximum Gasteiger partial charge on any atom is 0.135 e. The molecule has 14 heavy (non-hydrogen) atoms. The first-order valence-corrected chi connectivity index (χ1v) is 5.21. The minimum atomic E-state index is 0.730. The molecule has 1 aromatic heterocycles. The molecule has 0 fully saturated rings. The minimum absolute atomic E-state index is 0.730. The van der Waals surface area contributed by atoms with Gasteiger partial charge in [-0.25, -0.2) is 0 Å². The third-order valence-corrected chi connectivity index (χ3v) is 2.81. The molecular weight excluding hydrogens is 178 g/mol. The lowest BCUT2D eigenvalue weighted by Crippen LogP contribution is -2.19. The number of rotatable bonds is 3. The fraction of sp³-hybridized carbons (Fsp3) is 0.800. The number of fused-ring (bicyclic) bond motifs is 1. The number of aromatic nitrogens is 3. The highest BCUT2D eigenvalue weighted by molar-refractivity contribution is 5.00. The Morgan fingerprint density at radius 3 is 3.14 bits per heavy atom. The van der Waals surface area contributed by atoms with Gasteiger partial charge in [0.15, 0.2) is 0 Å². The van der Waals surface area contributed by atoms with Crippen molar-refractivity contribution >= 4 is 0 Å². The minimum Gasteiger partial charge on any atom is -0.384 e. The van der Waals surface area contributed by atoms with Gasteiger partial charge in [0.25, 0.3) is 0 Å². The fourth-order valence-electron chi connectivity index (χ4n) is 1.92. The van der Waals surface area contributed by atoms with Gasteiger partial charge in [0, 0.05) is 26.5 Å². The van der Waals surface area contributed by atoms with Crippen molar-refractivity contribution in [2.24, 2.45) is 5.92 Å². The molecule has 0 saturated carbocycles. The Morgan fingerprint density at radius 1 is 1.50 bits per heavy atom. The van der Waals surface area contributed by atoms with E-state index in [0.29, 0.717) is 0 Å². The van der Waals surface area contributed by atoms with Crippen molar-refractivity contribution in [1.82, 2.24) is 14.8 Å². The molecule has 1 atom stereocenters. The average molecular weight is 195 g/mol. The summed E-state index contributed by atoms with van der Waals surface area (Å²) in [5.74, 6) is 2.98. The van der Waals surface area contributed by atoms with Crippen LogP contribution < -0.4 is 0 Å². The Kier molecular flexibility index (Phi) is 2.82. The van der Waals surface area contributed by atoms with Crippen molar-refractivity contribution in [1.29, 1.82) is 0 Å². The first-order valence-electron chi connectivity index (χ1n) is 5.21. The van der Waals surface area contributed by atoms with Gasteiger partial charge < -0.3 is 9.30 Å². The number of hydrogen-bond acceptors (Lipinski definition) is 3. The van der Waals surface area contributed by atoms with E-state index in [1.807, 2.05) is 0 Å². The molecule has 1 aliphatic rings. The van der Waals surface area contributed by atoms with Gasteiger partial charge in [0.05, 0.1) is 6.61 Å². The second-order valence-electron chi connectivity index (χ2n) is 4.02. The van der Waals surface area contributed by atoms with Crippen LogP contribution in [0.4, 0.5) is 0 Å². The predicted octanol–water partition coefficient (Wildman–Crippen LogP) is 1.05. The SMILES string of the molecule is COCCc1nnc2n1CCC(C)C2. The monoisotopic (exact) mass is 195 g/mol. The lowest BCUT2D eigenvalue weighted by Gasteiger charge is -2.20. The molecule has 78 valence electrons. The van der Waals surface area contributed by atoms with E-state index in [0.717, 1.165) is 43.6 Å². The molecule has 1 aliphatic heterocycles. The number of hydrogen-bond donors (Lipinski definition) is 0. The summed E-state index contributed by atoms with van der Waals surface area (Å²) in [5, 5.41) is 8.42. The first-order chi connectivity index (χ1) is 6.81. The van der Waals surface area contributed by atoms with Crippen molar-refractivity contribution in [3.8, 4) is 0 Å². The molecule has 0 saturated heterocycles. The molecule has 0 spiro atoms. The van der Waals surface area contributed by atoms with E-state index in [1.165, 1.54) is 6.42 Å². The number of methoxy groups -OCH3 is 1. The van der Waals surface area contributed by atoms with Crippen LogP contribution in [0.3, 0.4) is 0 Å². The van der Waals surface area contributed by atoms with Crippen molar-refractivity contribution in [3.63, 3.8) is 0 Å². The zero-order chi connectivity index (χ0) is 9.97. The summed E-state index contributed by atoms with van der Waals surface area (Å²) in [5.41, 5.74) is 0. The van der Waals surface area contributed by atoms with E-state index >= 15 is 0 Å². The fourth-order valence-corrected chi connectivity index (χ4v) is 1.92. The van der Waals surface area contributed by atoms with Crippen molar-refractivity contribution in [2.75, 3.05) is 13.7 Å². The Balaban J connectivity index is 2.12. The van der Waals surface area contributed by atoms with E-state index in [-0.39, 0.29) is 0 Å². The summed E-state index contributed by atoms with van der Waals surface area (Å²) in [6.07, 6.45) is 3.18. The third kappa shape index (κ3) is 1.80. The lowest BCUT2D eigenvalue weighted by atomic mass is 10.0. The molecule has 4 heteroatoms. The standard InChI is InChI=1S/C10H17N3O/c1-8-3-5-13-9(4-6-14-2)11-12-10(13)7-8/h8H,3-7H2,1-2H3. The van der Waals surface area contributed by atoms with E-state index in [1.54, 1.807) is 7.11 Å². The summed E-state index contributed by atoms with van der Waals surface area (Å²) in [6, 6.07) is 0. The third-order valence-electron chi connectivity index (χ3n) is 2.81. The van der Waals surface area contributed by atoms with Crippen LogP contribution in [0.5, 0.6) is 0 Å². The molecule has 1 aromatic rings. The zero-order valence-electron chi connectivity index (χ0n) is 8.86. The molecule has 0 N–H and O–H groups in total. The molecule has 2 heterocycles. The van der Waals surface area contributed by atoms with Gasteiger partial charge in [-0.3, -0.25) is 0 Å². The van der Waals surface area contributed by atoms with Crippen LogP contribution in [-0.4, -0.2) is 28.5 Å². The van der Waals surface area contributed by atoms with Crippen LogP contribution in [0, 0.1) is 5.92 Å². The number of ether oxygens (including phenoxy) is 1. The molecule has 0 aromatic carbocycles. The van der Waals surface area contributed by atoms with Crippen LogP contribution >= 0.6 is 0 Å². The van der Waals surface area contributed by atoms with E-state index in [2.05, 4.69) is 21.7 Å². The molecule has 0 amide bonds. The Morgan fingerprint density at radius 2 is 2.36 bits per heavy atom. The number of nitrogens with zero attached hydrogens (tertiary/aromatic N) is 3. The topological polar surface area (TPSA) is 39.9 Å². The van der Waals surface area contributed by atoms with Crippen LogP contribution in [0.2, 0.25) is 0 Å². The van der Waals surface area contributed by atoms with E-state index in [9.17, 15) is 0 Å². The largest absolute Gasteiger partial charge is 0.384 e. The van der Waals surface area contributed by atoms with Crippen LogP contribution in [0.15, 0.2) is 0 Å². The second-order valence-corrected chi connectivity index (χ2v) is 4.02. The summed E-state index contributed by atoms with van der Waals surface area (Å²) < 4.78 is 7.30. The summed E-state index contributed by atoms with van der Waals surface area (Å²) in [4.78, 5) is 0. The van der Waals surface area contributed by atoms with E-state index in [4.69, 9.17) is 4.74 Å². The second kappa shape index (κ2) is 4.09. The van der Waals surface area contributed by atoms with Crippen molar-refractivity contribution < 1.29 is 4.74 Å². The van der Waals surface area contributed by atoms with Gasteiger partial charge in [0.2, 0.25) is 0 Å². The molecule has 1 unspecified atom stereocenters. The Bertz CT molecular complexity index is 308. The molecule has 0 radical (unpaired) electrons. The van der Waals surface area contributed by atoms with Crippen molar-refractivity contribution in [2.45, 2.75) is 32.7 Å². The van der Waals surface area contributed by atoms with Crippen LogP contribution in [0.1, 0.15) is 25.0 Å². The lowest BCUT2D eigenvalue weighted by molar-refractivity contribution is 0.199. The van der Waals surface area contributed by atoms with Crippen molar-refractivity contribution in [3.05, 3.63) is 11.6 Å². The van der Waals surface area contributed by atoms with Gasteiger partial charge in [-0.1, -0.05) is 6.92 Å². The highest BCUT2D eigenvalue weighted by Crippen LogP contribution is 2.19. The maximum absolute atomic E-state index is 5.05. The maximum atomic E-state index is 5.05. The first kappa shape index (κ1) is 9.65. The summed E-state index contributed by atoms with van der Waals surface area (Å²) in [6.45, 7) is 4.07. The van der Waals surface area contributed by atoms with Gasteiger partial charge >= 0.3 is 0 Å². The summed E-state index contributed by atoms with van der Waals surface area (Å²) in [7, 11) is 1.72. The molecule has 2 rings (SSSR count). The average Bonchev–Trinajstić information content (AvgIpc) is 2.57. The van der Waals surface area contributed by atoms with Crippen LogP contribution in [0.25, 0.3) is 0 Å². The highest BCUT2D eigenvalue weighted by atomic mass is 16.5.